The monoisotopic (exact) mass is 580 g/mol. The van der Waals surface area contributed by atoms with Crippen LogP contribution in [0.15, 0.2) is 89.8 Å². The van der Waals surface area contributed by atoms with Gasteiger partial charge in [-0.25, -0.2) is 21.6 Å². The highest BCUT2D eigenvalue weighted by Gasteiger charge is 2.30. The Labute approximate surface area is 233 Å². The summed E-state index contributed by atoms with van der Waals surface area (Å²) in [4.78, 5) is 0.130. The zero-order valence-electron chi connectivity index (χ0n) is 22.0. The Morgan fingerprint density at radius 1 is 0.850 bits per heavy atom. The van der Waals surface area contributed by atoms with Crippen molar-refractivity contribution in [2.75, 3.05) is 25.2 Å². The molecule has 0 saturated carbocycles. The number of benzene rings is 4. The van der Waals surface area contributed by atoms with Crippen molar-refractivity contribution >= 4 is 25.7 Å². The molecule has 11 heteroatoms. The molecule has 0 spiro atoms. The fraction of sp³-hybridized carbons (Fsp3) is 0.172. The quantitative estimate of drug-likeness (QED) is 0.294. The van der Waals surface area contributed by atoms with Crippen LogP contribution < -0.4 is 23.7 Å². The molecule has 0 radical (unpaired) electrons. The summed E-state index contributed by atoms with van der Waals surface area (Å²) in [6.07, 6.45) is 0.504. The van der Waals surface area contributed by atoms with Crippen LogP contribution >= 0.6 is 0 Å². The number of methoxy groups -OCH3 is 2. The summed E-state index contributed by atoms with van der Waals surface area (Å²) >= 11 is 0. The number of fused-ring (bicyclic) bond motifs is 3. The first-order valence-electron chi connectivity index (χ1n) is 12.3. The molecular weight excluding hydrogens is 552 g/mol. The topological polar surface area (TPSA) is 120 Å². The van der Waals surface area contributed by atoms with Gasteiger partial charge in [0.2, 0.25) is 20.0 Å². The van der Waals surface area contributed by atoms with Gasteiger partial charge in [0.15, 0.2) is 0 Å². The van der Waals surface area contributed by atoms with Gasteiger partial charge in [-0.3, -0.25) is 4.72 Å². The summed E-state index contributed by atoms with van der Waals surface area (Å²) in [5.41, 5.74) is 4.24. The maximum absolute atomic E-state index is 12.9. The lowest BCUT2D eigenvalue weighted by molar-refractivity contribution is 0.242. The van der Waals surface area contributed by atoms with Gasteiger partial charge in [0.1, 0.15) is 23.4 Å². The van der Waals surface area contributed by atoms with Crippen LogP contribution in [-0.2, 0) is 26.6 Å². The van der Waals surface area contributed by atoms with Gasteiger partial charge in [-0.05, 0) is 65.2 Å². The molecule has 0 saturated heterocycles. The molecular formula is C29H28N2O7S2. The summed E-state index contributed by atoms with van der Waals surface area (Å²) in [5.74, 6) is 1.81. The van der Waals surface area contributed by atoms with Gasteiger partial charge in [-0.2, -0.15) is 0 Å². The van der Waals surface area contributed by atoms with E-state index in [4.69, 9.17) is 14.2 Å². The molecule has 5 rings (SSSR count). The minimum atomic E-state index is -3.76. The van der Waals surface area contributed by atoms with Gasteiger partial charge in [0.05, 0.1) is 30.9 Å². The second kappa shape index (κ2) is 10.8. The molecule has 2 N–H and O–H groups in total. The summed E-state index contributed by atoms with van der Waals surface area (Å²) in [7, 11) is -4.16. The van der Waals surface area contributed by atoms with Crippen molar-refractivity contribution in [3.8, 4) is 28.4 Å². The predicted octanol–water partition coefficient (Wildman–Crippen LogP) is 4.70. The van der Waals surface area contributed by atoms with Gasteiger partial charge >= 0.3 is 0 Å². The number of rotatable bonds is 9. The number of anilines is 1. The standard InChI is InChI=1S/C29H28N2O7S2/c1-36-22-11-13-23(14-12-22)40(34,35)30-18-19-6-4-7-20(16-19)29-25-17-21(31-39(3,32)33)10-15-24(25)28-26(37-2)8-5-9-27(28)38-29/h4-17,29-31H,18H2,1-3H3. The van der Waals surface area contributed by atoms with Gasteiger partial charge in [0, 0.05) is 17.8 Å². The average Bonchev–Trinajstić information content (AvgIpc) is 2.94. The van der Waals surface area contributed by atoms with E-state index in [9.17, 15) is 16.8 Å². The lowest BCUT2D eigenvalue weighted by Gasteiger charge is -2.30. The molecule has 0 amide bonds. The highest BCUT2D eigenvalue weighted by atomic mass is 32.2. The molecule has 40 heavy (non-hydrogen) atoms. The van der Waals surface area contributed by atoms with Crippen molar-refractivity contribution in [2.45, 2.75) is 17.5 Å². The van der Waals surface area contributed by atoms with E-state index in [0.717, 1.165) is 34.1 Å². The molecule has 4 aromatic rings. The van der Waals surface area contributed by atoms with Crippen LogP contribution in [0.1, 0.15) is 22.8 Å². The Hall–Kier alpha value is -4.06. The third kappa shape index (κ3) is 5.76. The normalized spacial score (nSPS) is 14.4. The van der Waals surface area contributed by atoms with E-state index in [2.05, 4.69) is 9.44 Å². The van der Waals surface area contributed by atoms with E-state index in [1.807, 2.05) is 48.5 Å². The Bertz CT molecular complexity index is 1770. The highest BCUT2D eigenvalue weighted by molar-refractivity contribution is 7.92. The van der Waals surface area contributed by atoms with Crippen molar-refractivity contribution in [3.63, 3.8) is 0 Å². The zero-order chi connectivity index (χ0) is 28.5. The van der Waals surface area contributed by atoms with Crippen molar-refractivity contribution in [1.82, 2.24) is 4.72 Å². The molecule has 0 fully saturated rings. The SMILES string of the molecule is COc1ccc(S(=O)(=O)NCc2cccc(C3Oc4cccc(OC)c4-c4ccc(NS(C)(=O)=O)cc43)c2)cc1. The maximum atomic E-state index is 12.9. The zero-order valence-corrected chi connectivity index (χ0v) is 23.7. The molecule has 1 atom stereocenters. The molecule has 1 aliphatic rings. The number of hydrogen-bond donors (Lipinski definition) is 2. The van der Waals surface area contributed by atoms with Crippen molar-refractivity contribution in [3.05, 3.63) is 102 Å². The summed E-state index contributed by atoms with van der Waals surface area (Å²) in [6.45, 7) is 0.0574. The molecule has 9 nitrogen and oxygen atoms in total. The first kappa shape index (κ1) is 27.5. The Morgan fingerprint density at radius 3 is 2.30 bits per heavy atom. The third-order valence-corrected chi connectivity index (χ3v) is 8.47. The first-order valence-corrected chi connectivity index (χ1v) is 15.6. The minimum absolute atomic E-state index is 0.0574. The first-order chi connectivity index (χ1) is 19.1. The molecule has 1 unspecified atom stereocenters. The molecule has 0 aliphatic carbocycles. The van der Waals surface area contributed by atoms with Crippen LogP contribution in [0.3, 0.4) is 0 Å². The fourth-order valence-electron chi connectivity index (χ4n) is 4.65. The molecule has 1 heterocycles. The van der Waals surface area contributed by atoms with Crippen LogP contribution in [0.4, 0.5) is 5.69 Å². The van der Waals surface area contributed by atoms with Crippen LogP contribution in [0.5, 0.6) is 17.2 Å². The van der Waals surface area contributed by atoms with Crippen LogP contribution in [0.2, 0.25) is 0 Å². The smallest absolute Gasteiger partial charge is 0.240 e. The molecule has 4 aromatic carbocycles. The fourth-order valence-corrected chi connectivity index (χ4v) is 6.22. The van der Waals surface area contributed by atoms with E-state index in [-0.39, 0.29) is 11.4 Å². The van der Waals surface area contributed by atoms with Gasteiger partial charge < -0.3 is 14.2 Å². The van der Waals surface area contributed by atoms with E-state index < -0.39 is 26.2 Å². The van der Waals surface area contributed by atoms with Crippen LogP contribution in [0, 0.1) is 0 Å². The van der Waals surface area contributed by atoms with Crippen LogP contribution in [0.25, 0.3) is 11.1 Å². The van der Waals surface area contributed by atoms with Crippen molar-refractivity contribution < 1.29 is 31.0 Å². The number of hydrogen-bond acceptors (Lipinski definition) is 7. The minimum Gasteiger partial charge on any atom is -0.497 e. The van der Waals surface area contributed by atoms with Crippen molar-refractivity contribution in [1.29, 1.82) is 0 Å². The highest BCUT2D eigenvalue weighted by Crippen LogP contribution is 2.49. The average molecular weight is 581 g/mol. The van der Waals surface area contributed by atoms with Gasteiger partial charge in [-0.1, -0.05) is 36.4 Å². The third-order valence-electron chi connectivity index (χ3n) is 6.45. The summed E-state index contributed by atoms with van der Waals surface area (Å²) < 4.78 is 71.9. The second-order valence-electron chi connectivity index (χ2n) is 9.25. The molecule has 208 valence electrons. The Kier molecular flexibility index (Phi) is 7.45. The van der Waals surface area contributed by atoms with Gasteiger partial charge in [0.25, 0.3) is 0 Å². The molecule has 0 aromatic heterocycles. The lowest BCUT2D eigenvalue weighted by atomic mass is 9.88. The number of nitrogens with one attached hydrogen (secondary N) is 2. The largest absolute Gasteiger partial charge is 0.497 e. The van der Waals surface area contributed by atoms with Crippen LogP contribution in [-0.4, -0.2) is 37.3 Å². The summed E-state index contributed by atoms with van der Waals surface area (Å²) in [5, 5.41) is 0. The van der Waals surface area contributed by atoms with Crippen molar-refractivity contribution in [2.24, 2.45) is 0 Å². The predicted molar refractivity (Wildman–Crippen MR) is 153 cm³/mol. The van der Waals surface area contributed by atoms with E-state index in [1.165, 1.54) is 19.2 Å². The van der Waals surface area contributed by atoms with E-state index in [1.54, 1.807) is 31.4 Å². The Balaban J connectivity index is 1.49. The second-order valence-corrected chi connectivity index (χ2v) is 12.8. The molecule has 1 aliphatic heterocycles. The Morgan fingerprint density at radius 2 is 1.60 bits per heavy atom. The summed E-state index contributed by atoms with van der Waals surface area (Å²) in [6, 6.07) is 24.4. The molecule has 0 bridgehead atoms. The number of ether oxygens (including phenoxy) is 3. The lowest BCUT2D eigenvalue weighted by Crippen LogP contribution is -2.23. The van der Waals surface area contributed by atoms with E-state index in [0.29, 0.717) is 22.9 Å². The number of sulfonamides is 2. The van der Waals surface area contributed by atoms with E-state index >= 15 is 0 Å². The van der Waals surface area contributed by atoms with Gasteiger partial charge in [-0.15, -0.1) is 0 Å². The maximum Gasteiger partial charge on any atom is 0.240 e.